The highest BCUT2D eigenvalue weighted by atomic mass is 79.9. The average Bonchev–Trinajstić information content (AvgIpc) is 3.99. The fraction of sp³-hybridized carbons (Fsp3) is 0.642. The summed E-state index contributed by atoms with van der Waals surface area (Å²) in [6, 6.07) is 5.72. The summed E-state index contributed by atoms with van der Waals surface area (Å²) in [5, 5.41) is 14.1. The molecule has 1 aromatic carbocycles. The number of piperazine rings is 1. The van der Waals surface area contributed by atoms with Crippen LogP contribution in [0.2, 0.25) is 0 Å². The van der Waals surface area contributed by atoms with Crippen molar-refractivity contribution < 1.29 is 57.2 Å². The molecule has 4 aliphatic heterocycles. The Morgan fingerprint density at radius 1 is 0.890 bits per heavy atom. The molecule has 73 heavy (non-hydrogen) atoms. The number of allylic oxidation sites excluding steroid dienone is 2. The second-order valence-electron chi connectivity index (χ2n) is 20.0. The van der Waals surface area contributed by atoms with Crippen LogP contribution in [-0.2, 0) is 54.3 Å². The van der Waals surface area contributed by atoms with Crippen molar-refractivity contribution in [2.45, 2.75) is 155 Å². The summed E-state index contributed by atoms with van der Waals surface area (Å²) >= 11 is 3.09. The van der Waals surface area contributed by atoms with Gasteiger partial charge in [0.15, 0.2) is 0 Å². The maximum Gasteiger partial charge on any atom is 0.410 e. The van der Waals surface area contributed by atoms with Gasteiger partial charge in [-0.3, -0.25) is 24.0 Å². The molecule has 1 spiro atoms. The number of carbonyl (C=O) groups is 7. The fourth-order valence-electron chi connectivity index (χ4n) is 8.99. The molecule has 4 saturated heterocycles. The van der Waals surface area contributed by atoms with Gasteiger partial charge < -0.3 is 60.1 Å². The summed E-state index contributed by atoms with van der Waals surface area (Å²) in [4.78, 5) is 91.2. The maximum atomic E-state index is 13.0. The van der Waals surface area contributed by atoms with Gasteiger partial charge in [-0.15, -0.1) is 0 Å². The van der Waals surface area contributed by atoms with Crippen LogP contribution < -0.4 is 26.6 Å². The standard InChI is InChI=1S/C53H78BrN7O12/c1-34(2)49(59-45(62)11-9-8-10-23-55-47(64)31-54)50(66)56-32-48(65)57-41-17-15-40(16-18-41)33-70-51(67)60-24-26-61(27-25-60)52(68)71-37(5)14-21-46(63)58-43-29-36(4)44(72-38(43)6)20-13-35(3)12-19-42-30-53(22-28-69-42)39(7)73-53/h12-19,21,34,36-39,42-44,49H,8-11,20,22-33H2,1-7H3,(H,55,64)(H,56,66)(H,57,65)(H,58,63)(H,59,62)/b19-12+,21-14-,35-13+/t36-,37-,38+,39?,42+,43+,44-,49?,53-/m0/s1. The van der Waals surface area contributed by atoms with Crippen LogP contribution in [0, 0.1) is 11.8 Å². The molecule has 4 aliphatic rings. The zero-order valence-electron chi connectivity index (χ0n) is 43.6. The largest absolute Gasteiger partial charge is 0.445 e. The number of carbonyl (C=O) groups excluding carboxylic acids is 7. The van der Waals surface area contributed by atoms with Crippen LogP contribution in [0.3, 0.4) is 0 Å². The Balaban J connectivity index is 0.921. The van der Waals surface area contributed by atoms with Crippen LogP contribution in [0.4, 0.5) is 15.3 Å². The van der Waals surface area contributed by atoms with Gasteiger partial charge in [0, 0.05) is 63.7 Å². The number of rotatable bonds is 23. The number of nitrogens with zero attached hydrogens (tertiary/aromatic N) is 2. The quantitative estimate of drug-likeness (QED) is 0.0287. The molecule has 4 fully saturated rings. The molecule has 5 rings (SSSR count). The first-order valence-electron chi connectivity index (χ1n) is 25.8. The second kappa shape index (κ2) is 29.0. The first-order valence-corrected chi connectivity index (χ1v) is 26.9. The number of amides is 7. The first kappa shape index (κ1) is 58.6. The molecule has 9 atom stereocenters. The maximum absolute atomic E-state index is 13.0. The van der Waals surface area contributed by atoms with Crippen molar-refractivity contribution in [3.63, 3.8) is 0 Å². The Morgan fingerprint density at radius 2 is 1.59 bits per heavy atom. The van der Waals surface area contributed by atoms with Crippen molar-refractivity contribution in [2.24, 2.45) is 11.8 Å². The topological polar surface area (TPSA) is 236 Å². The molecule has 20 heteroatoms. The molecule has 0 radical (unpaired) electrons. The molecule has 2 unspecified atom stereocenters. The lowest BCUT2D eigenvalue weighted by atomic mass is 9.88. The van der Waals surface area contributed by atoms with E-state index in [4.69, 9.17) is 23.7 Å². The third-order valence-electron chi connectivity index (χ3n) is 13.7. The minimum Gasteiger partial charge on any atom is -0.445 e. The number of nitrogens with one attached hydrogen (secondary N) is 5. The van der Waals surface area contributed by atoms with Gasteiger partial charge in [-0.05, 0) is 89.0 Å². The van der Waals surface area contributed by atoms with Crippen LogP contribution in [-0.4, -0.2) is 151 Å². The molecule has 0 saturated carbocycles. The SMILES string of the molecule is CC(/C=C/[C@@H]1C[C@]2(CCO1)OC2C)=C\C[C@@H]1O[C@H](C)[C@H](NC(=O)/C=C\[C@H](C)OC(=O)N2CCN(C(=O)OCc3ccc(NC(=O)CNC(=O)C(NC(=O)CCCCCNC(=O)CBr)C(C)C)cc3)CC2)C[C@@H]1C. The third-order valence-corrected chi connectivity index (χ3v) is 14.2. The summed E-state index contributed by atoms with van der Waals surface area (Å²) in [6.07, 6.45) is 13.6. The minimum absolute atomic E-state index is 0.00377. The third kappa shape index (κ3) is 19.5. The van der Waals surface area contributed by atoms with Gasteiger partial charge in [0.1, 0.15) is 18.8 Å². The van der Waals surface area contributed by atoms with Crippen molar-refractivity contribution in [1.29, 1.82) is 0 Å². The number of ether oxygens (including phenoxy) is 5. The van der Waals surface area contributed by atoms with Gasteiger partial charge in [-0.2, -0.15) is 0 Å². The van der Waals surface area contributed by atoms with Crippen LogP contribution in [0.1, 0.15) is 105 Å². The molecule has 0 bridgehead atoms. The lowest BCUT2D eigenvalue weighted by Gasteiger charge is -2.39. The lowest BCUT2D eigenvalue weighted by Crippen LogP contribution is -2.51. The van der Waals surface area contributed by atoms with E-state index in [1.54, 1.807) is 45.0 Å². The average molecular weight is 1090 g/mol. The molecule has 404 valence electrons. The van der Waals surface area contributed by atoms with E-state index >= 15 is 0 Å². The number of unbranched alkanes of at least 4 members (excludes halogenated alkanes) is 2. The molecule has 4 heterocycles. The lowest BCUT2D eigenvalue weighted by molar-refractivity contribution is -0.130. The smallest absolute Gasteiger partial charge is 0.410 e. The highest BCUT2D eigenvalue weighted by molar-refractivity contribution is 9.09. The zero-order chi connectivity index (χ0) is 53.1. The van der Waals surface area contributed by atoms with E-state index in [1.165, 1.54) is 22.0 Å². The van der Waals surface area contributed by atoms with Crippen molar-refractivity contribution in [3.05, 3.63) is 65.8 Å². The molecule has 1 aromatic rings. The molecular weight excluding hydrogens is 1010 g/mol. The minimum atomic E-state index is -0.813. The molecule has 7 amide bonds. The number of hydrogen-bond donors (Lipinski definition) is 5. The number of halogens is 1. The van der Waals surface area contributed by atoms with Crippen LogP contribution >= 0.6 is 15.9 Å². The number of anilines is 1. The monoisotopic (exact) mass is 1080 g/mol. The highest BCUT2D eigenvalue weighted by Crippen LogP contribution is 2.46. The van der Waals surface area contributed by atoms with Gasteiger partial charge in [0.25, 0.3) is 0 Å². The van der Waals surface area contributed by atoms with Crippen LogP contribution in [0.15, 0.2) is 60.2 Å². The van der Waals surface area contributed by atoms with E-state index in [0.717, 1.165) is 50.7 Å². The fourth-order valence-corrected chi connectivity index (χ4v) is 9.19. The number of epoxide rings is 1. The van der Waals surface area contributed by atoms with Crippen molar-refractivity contribution in [2.75, 3.05) is 56.5 Å². The Hall–Kier alpha value is -5.31. The van der Waals surface area contributed by atoms with Gasteiger partial charge in [-0.1, -0.05) is 79.1 Å². The number of benzene rings is 1. The van der Waals surface area contributed by atoms with Crippen LogP contribution in [0.25, 0.3) is 0 Å². The summed E-state index contributed by atoms with van der Waals surface area (Å²) < 4.78 is 29.3. The molecular formula is C53H78BrN7O12. The van der Waals surface area contributed by atoms with E-state index in [1.807, 2.05) is 6.92 Å². The predicted molar refractivity (Wildman–Crippen MR) is 278 cm³/mol. The Bertz CT molecular complexity index is 2130. The summed E-state index contributed by atoms with van der Waals surface area (Å²) in [6.45, 7) is 15.5. The van der Waals surface area contributed by atoms with Crippen molar-refractivity contribution >= 4 is 63.3 Å². The normalized spacial score (nSPS) is 25.0. The molecule has 0 aliphatic carbocycles. The summed E-state index contributed by atoms with van der Waals surface area (Å²) in [5.74, 6) is -1.57. The van der Waals surface area contributed by atoms with Gasteiger partial charge in [-0.25, -0.2) is 9.59 Å². The second-order valence-corrected chi connectivity index (χ2v) is 20.5. The summed E-state index contributed by atoms with van der Waals surface area (Å²) in [7, 11) is 0. The van der Waals surface area contributed by atoms with E-state index in [2.05, 4.69) is 81.5 Å². The Morgan fingerprint density at radius 3 is 2.26 bits per heavy atom. The van der Waals surface area contributed by atoms with Crippen molar-refractivity contribution in [3.8, 4) is 0 Å². The van der Waals surface area contributed by atoms with Crippen LogP contribution in [0.5, 0.6) is 0 Å². The first-order chi connectivity index (χ1) is 34.8. The van der Waals surface area contributed by atoms with E-state index in [9.17, 15) is 33.6 Å². The van der Waals surface area contributed by atoms with E-state index in [-0.39, 0.29) is 111 Å². The Kier molecular flexibility index (Phi) is 23.2. The van der Waals surface area contributed by atoms with Gasteiger partial charge >= 0.3 is 12.2 Å². The molecule has 19 nitrogen and oxygen atoms in total. The Labute approximate surface area is 438 Å². The summed E-state index contributed by atoms with van der Waals surface area (Å²) in [5.41, 5.74) is 2.31. The molecule has 0 aromatic heterocycles. The van der Waals surface area contributed by atoms with Crippen molar-refractivity contribution in [1.82, 2.24) is 31.1 Å². The van der Waals surface area contributed by atoms with Gasteiger partial charge in [0.2, 0.25) is 29.5 Å². The zero-order valence-corrected chi connectivity index (χ0v) is 45.2. The number of hydrogen-bond acceptors (Lipinski definition) is 12. The predicted octanol–water partition coefficient (Wildman–Crippen LogP) is 5.82. The van der Waals surface area contributed by atoms with E-state index < -0.39 is 36.1 Å². The highest BCUT2D eigenvalue weighted by Gasteiger charge is 2.55. The molecule has 5 N–H and O–H groups in total. The van der Waals surface area contributed by atoms with Gasteiger partial charge in [0.05, 0.1) is 54.5 Å². The van der Waals surface area contributed by atoms with E-state index in [0.29, 0.717) is 30.3 Å². The number of alkyl halides is 1.